The van der Waals surface area contributed by atoms with Crippen LogP contribution in [-0.2, 0) is 4.79 Å². The molecule has 0 saturated heterocycles. The van der Waals surface area contributed by atoms with Gasteiger partial charge in [-0.1, -0.05) is 42.5 Å². The van der Waals surface area contributed by atoms with Crippen LogP contribution in [0.4, 0.5) is 9.18 Å². The standard InChI is InChI=1S/C17H17FN2O2S/c1-2-19-17(22)20-16(21)15(12-8-4-3-5-9-12)23-14-11-7-6-10-13(14)18/h3-11,15H,2H2,1H3,(H2,19,20,21,22)/t15-/m0/s1. The van der Waals surface area contributed by atoms with Crippen LogP contribution in [0.3, 0.4) is 0 Å². The van der Waals surface area contributed by atoms with E-state index < -0.39 is 23.0 Å². The van der Waals surface area contributed by atoms with Crippen LogP contribution < -0.4 is 10.6 Å². The van der Waals surface area contributed by atoms with E-state index in [0.29, 0.717) is 17.0 Å². The number of hydrogen-bond acceptors (Lipinski definition) is 3. The van der Waals surface area contributed by atoms with Crippen LogP contribution in [0.15, 0.2) is 59.5 Å². The largest absolute Gasteiger partial charge is 0.338 e. The van der Waals surface area contributed by atoms with Crippen molar-refractivity contribution in [2.75, 3.05) is 6.54 Å². The normalized spacial score (nSPS) is 11.6. The highest BCUT2D eigenvalue weighted by Crippen LogP contribution is 2.36. The minimum atomic E-state index is -0.726. The number of rotatable bonds is 5. The average molecular weight is 332 g/mol. The van der Waals surface area contributed by atoms with E-state index in [1.807, 2.05) is 6.07 Å². The van der Waals surface area contributed by atoms with Gasteiger partial charge in [0.1, 0.15) is 11.1 Å². The van der Waals surface area contributed by atoms with Crippen LogP contribution >= 0.6 is 11.8 Å². The van der Waals surface area contributed by atoms with E-state index in [1.54, 1.807) is 49.4 Å². The lowest BCUT2D eigenvalue weighted by atomic mass is 10.1. The maximum Gasteiger partial charge on any atom is 0.321 e. The Labute approximate surface area is 138 Å². The summed E-state index contributed by atoms with van der Waals surface area (Å²) in [5.41, 5.74) is 0.697. The van der Waals surface area contributed by atoms with Gasteiger partial charge in [0.2, 0.25) is 5.91 Å². The van der Waals surface area contributed by atoms with Crippen LogP contribution in [0, 0.1) is 5.82 Å². The van der Waals surface area contributed by atoms with Crippen molar-refractivity contribution in [2.24, 2.45) is 0 Å². The molecule has 0 aliphatic rings. The number of carbonyl (C=O) groups excluding carboxylic acids is 2. The highest BCUT2D eigenvalue weighted by molar-refractivity contribution is 8.00. The maximum atomic E-state index is 13.9. The fourth-order valence-corrected chi connectivity index (χ4v) is 3.00. The van der Waals surface area contributed by atoms with Crippen molar-refractivity contribution in [3.63, 3.8) is 0 Å². The summed E-state index contributed by atoms with van der Waals surface area (Å²) in [7, 11) is 0. The van der Waals surface area contributed by atoms with E-state index >= 15 is 0 Å². The molecule has 0 aliphatic carbocycles. The molecule has 4 nitrogen and oxygen atoms in total. The third-order valence-electron chi connectivity index (χ3n) is 3.00. The number of thioether (sulfide) groups is 1. The second-order valence-corrected chi connectivity index (χ2v) is 5.83. The number of benzene rings is 2. The third-order valence-corrected chi connectivity index (χ3v) is 4.30. The van der Waals surface area contributed by atoms with Crippen molar-refractivity contribution in [3.05, 3.63) is 66.0 Å². The zero-order valence-corrected chi connectivity index (χ0v) is 13.4. The van der Waals surface area contributed by atoms with Gasteiger partial charge in [-0.3, -0.25) is 10.1 Å². The molecule has 3 amide bonds. The van der Waals surface area contributed by atoms with E-state index in [-0.39, 0.29) is 0 Å². The number of imide groups is 1. The van der Waals surface area contributed by atoms with Crippen molar-refractivity contribution < 1.29 is 14.0 Å². The van der Waals surface area contributed by atoms with Crippen molar-refractivity contribution >= 4 is 23.7 Å². The number of nitrogens with one attached hydrogen (secondary N) is 2. The van der Waals surface area contributed by atoms with Gasteiger partial charge in [0.05, 0.1) is 0 Å². The molecule has 1 atom stereocenters. The number of carbonyl (C=O) groups is 2. The molecule has 0 heterocycles. The van der Waals surface area contributed by atoms with Crippen LogP contribution in [-0.4, -0.2) is 18.5 Å². The van der Waals surface area contributed by atoms with Gasteiger partial charge in [-0.05, 0) is 24.6 Å². The number of hydrogen-bond donors (Lipinski definition) is 2. The van der Waals surface area contributed by atoms with E-state index in [0.717, 1.165) is 11.8 Å². The highest BCUT2D eigenvalue weighted by atomic mass is 32.2. The first-order valence-corrected chi connectivity index (χ1v) is 8.04. The van der Waals surface area contributed by atoms with Crippen molar-refractivity contribution in [1.29, 1.82) is 0 Å². The number of halogens is 1. The molecule has 0 saturated carbocycles. The van der Waals surface area contributed by atoms with Gasteiger partial charge in [0.15, 0.2) is 0 Å². The van der Waals surface area contributed by atoms with Crippen LogP contribution in [0.25, 0.3) is 0 Å². The van der Waals surface area contributed by atoms with Gasteiger partial charge in [0, 0.05) is 11.4 Å². The Balaban J connectivity index is 2.24. The molecule has 2 aromatic carbocycles. The van der Waals surface area contributed by atoms with Crippen LogP contribution in [0.5, 0.6) is 0 Å². The van der Waals surface area contributed by atoms with Crippen LogP contribution in [0.2, 0.25) is 0 Å². The highest BCUT2D eigenvalue weighted by Gasteiger charge is 2.24. The van der Waals surface area contributed by atoms with Gasteiger partial charge < -0.3 is 5.32 Å². The molecular weight excluding hydrogens is 315 g/mol. The van der Waals surface area contributed by atoms with Gasteiger partial charge in [-0.2, -0.15) is 0 Å². The monoisotopic (exact) mass is 332 g/mol. The summed E-state index contributed by atoms with van der Waals surface area (Å²) >= 11 is 1.07. The number of urea groups is 1. The summed E-state index contributed by atoms with van der Waals surface area (Å²) in [5, 5.41) is 4.06. The lowest BCUT2D eigenvalue weighted by molar-refractivity contribution is -0.119. The van der Waals surface area contributed by atoms with E-state index in [4.69, 9.17) is 0 Å². The first kappa shape index (κ1) is 17.0. The smallest absolute Gasteiger partial charge is 0.321 e. The molecule has 0 unspecified atom stereocenters. The Morgan fingerprint density at radius 3 is 2.39 bits per heavy atom. The predicted molar refractivity (Wildman–Crippen MR) is 88.7 cm³/mol. The fraction of sp³-hybridized carbons (Fsp3) is 0.176. The van der Waals surface area contributed by atoms with E-state index in [9.17, 15) is 14.0 Å². The molecule has 6 heteroatoms. The summed E-state index contributed by atoms with van der Waals surface area (Å²) in [4.78, 5) is 24.4. The molecule has 2 aromatic rings. The maximum absolute atomic E-state index is 13.9. The zero-order valence-electron chi connectivity index (χ0n) is 12.6. The van der Waals surface area contributed by atoms with E-state index in [1.165, 1.54) is 6.07 Å². The first-order chi connectivity index (χ1) is 11.1. The van der Waals surface area contributed by atoms with Gasteiger partial charge >= 0.3 is 6.03 Å². The second-order valence-electron chi connectivity index (χ2n) is 4.69. The van der Waals surface area contributed by atoms with Gasteiger partial charge in [0.25, 0.3) is 0 Å². The summed E-state index contributed by atoms with van der Waals surface area (Å²) in [6, 6.07) is 14.6. The second kappa shape index (κ2) is 8.33. The minimum absolute atomic E-state index is 0.354. The molecule has 0 aliphatic heterocycles. The molecule has 23 heavy (non-hydrogen) atoms. The predicted octanol–water partition coefficient (Wildman–Crippen LogP) is 3.50. The topological polar surface area (TPSA) is 58.2 Å². The Morgan fingerprint density at radius 1 is 1.09 bits per heavy atom. The molecule has 0 spiro atoms. The summed E-state index contributed by atoms with van der Waals surface area (Å²) in [5.74, 6) is -0.889. The van der Waals surface area contributed by atoms with Gasteiger partial charge in [-0.25, -0.2) is 9.18 Å². The summed E-state index contributed by atoms with van der Waals surface area (Å²) < 4.78 is 13.9. The Morgan fingerprint density at radius 2 is 1.74 bits per heavy atom. The van der Waals surface area contributed by atoms with Gasteiger partial charge in [-0.15, -0.1) is 11.8 Å². The zero-order chi connectivity index (χ0) is 16.7. The molecular formula is C17H17FN2O2S. The first-order valence-electron chi connectivity index (χ1n) is 7.16. The minimum Gasteiger partial charge on any atom is -0.338 e. The summed E-state index contributed by atoms with van der Waals surface area (Å²) in [6.45, 7) is 2.17. The molecule has 2 N–H and O–H groups in total. The fourth-order valence-electron chi connectivity index (χ4n) is 1.95. The molecule has 2 rings (SSSR count). The molecule has 0 bridgehead atoms. The Kier molecular flexibility index (Phi) is 6.17. The SMILES string of the molecule is CCNC(=O)NC(=O)[C@@H](Sc1ccccc1F)c1ccccc1. The molecule has 0 radical (unpaired) electrons. The molecule has 0 fully saturated rings. The van der Waals surface area contributed by atoms with E-state index in [2.05, 4.69) is 10.6 Å². The quantitative estimate of drug-likeness (QED) is 0.824. The lowest BCUT2D eigenvalue weighted by Crippen LogP contribution is -2.41. The average Bonchev–Trinajstić information content (AvgIpc) is 2.55. The Bertz CT molecular complexity index is 679. The number of amides is 3. The molecule has 120 valence electrons. The Hall–Kier alpha value is -2.34. The lowest BCUT2D eigenvalue weighted by Gasteiger charge is -2.17. The summed E-state index contributed by atoms with van der Waals surface area (Å²) in [6.07, 6.45) is 0. The third kappa shape index (κ3) is 4.82. The van der Waals surface area contributed by atoms with Crippen molar-refractivity contribution in [2.45, 2.75) is 17.1 Å². The van der Waals surface area contributed by atoms with Crippen molar-refractivity contribution in [1.82, 2.24) is 10.6 Å². The molecule has 0 aromatic heterocycles. The van der Waals surface area contributed by atoms with Crippen LogP contribution in [0.1, 0.15) is 17.7 Å². The van der Waals surface area contributed by atoms with Crippen molar-refractivity contribution in [3.8, 4) is 0 Å².